The number of ether oxygens (including phenoxy) is 2. The molecular weight excluding hydrogens is 378 g/mol. The summed E-state index contributed by atoms with van der Waals surface area (Å²) in [6.07, 6.45) is 0. The second-order valence-corrected chi connectivity index (χ2v) is 7.37. The number of hydrogen-bond donors (Lipinski definition) is 0. The summed E-state index contributed by atoms with van der Waals surface area (Å²) < 4.78 is 10.4. The molecular formula is C25H23NO4. The molecule has 1 aliphatic heterocycles. The zero-order valence-corrected chi connectivity index (χ0v) is 17.1. The Labute approximate surface area is 175 Å². The van der Waals surface area contributed by atoms with Gasteiger partial charge >= 0.3 is 5.97 Å². The zero-order chi connectivity index (χ0) is 21.1. The van der Waals surface area contributed by atoms with Crippen molar-refractivity contribution in [2.75, 3.05) is 18.6 Å². The third kappa shape index (κ3) is 4.11. The molecule has 3 aromatic carbocycles. The Bertz CT molecular complexity index is 1070. The van der Waals surface area contributed by atoms with E-state index in [-0.39, 0.29) is 18.5 Å². The average Bonchev–Trinajstić information content (AvgIpc) is 2.93. The minimum Gasteiger partial charge on any atom is -0.465 e. The first-order chi connectivity index (χ1) is 14.5. The van der Waals surface area contributed by atoms with Gasteiger partial charge in [-0.3, -0.25) is 4.79 Å². The van der Waals surface area contributed by atoms with Gasteiger partial charge in [0.15, 0.2) is 0 Å². The van der Waals surface area contributed by atoms with E-state index < -0.39 is 0 Å². The summed E-state index contributed by atoms with van der Waals surface area (Å²) in [5, 5.41) is 0. The highest BCUT2D eigenvalue weighted by atomic mass is 16.5. The van der Waals surface area contributed by atoms with Gasteiger partial charge in [0.1, 0.15) is 6.61 Å². The van der Waals surface area contributed by atoms with Crippen LogP contribution in [0.1, 0.15) is 27.0 Å². The SMILES string of the molecule is COC(=O)c1ccc(-c2ccc3c(c2)COCC(=O)N3Cc2ccc(C)cc2)cc1. The van der Waals surface area contributed by atoms with Crippen molar-refractivity contribution in [1.29, 1.82) is 0 Å². The van der Waals surface area contributed by atoms with Gasteiger partial charge < -0.3 is 14.4 Å². The first-order valence-electron chi connectivity index (χ1n) is 9.80. The lowest BCUT2D eigenvalue weighted by Gasteiger charge is -2.23. The minimum atomic E-state index is -0.359. The fourth-order valence-corrected chi connectivity index (χ4v) is 3.57. The molecule has 152 valence electrons. The number of rotatable bonds is 4. The second-order valence-electron chi connectivity index (χ2n) is 7.37. The molecule has 1 aliphatic rings. The van der Waals surface area contributed by atoms with Crippen molar-refractivity contribution >= 4 is 17.6 Å². The summed E-state index contributed by atoms with van der Waals surface area (Å²) in [6.45, 7) is 2.98. The number of nitrogens with zero attached hydrogens (tertiary/aromatic N) is 1. The van der Waals surface area contributed by atoms with Gasteiger partial charge in [-0.2, -0.15) is 0 Å². The number of aryl methyl sites for hydroxylation is 1. The summed E-state index contributed by atoms with van der Waals surface area (Å²) in [4.78, 5) is 26.1. The van der Waals surface area contributed by atoms with Crippen LogP contribution in [0.5, 0.6) is 0 Å². The molecule has 0 atom stereocenters. The van der Waals surface area contributed by atoms with E-state index in [0.717, 1.165) is 27.9 Å². The van der Waals surface area contributed by atoms with Crippen LogP contribution in [0.4, 0.5) is 5.69 Å². The predicted molar refractivity (Wildman–Crippen MR) is 115 cm³/mol. The van der Waals surface area contributed by atoms with E-state index in [2.05, 4.69) is 12.1 Å². The van der Waals surface area contributed by atoms with Gasteiger partial charge in [-0.15, -0.1) is 0 Å². The van der Waals surface area contributed by atoms with E-state index >= 15 is 0 Å². The Kier molecular flexibility index (Phi) is 5.63. The Balaban J connectivity index is 1.65. The maximum Gasteiger partial charge on any atom is 0.337 e. The fourth-order valence-electron chi connectivity index (χ4n) is 3.57. The van der Waals surface area contributed by atoms with Gasteiger partial charge in [0.2, 0.25) is 0 Å². The fraction of sp³-hybridized carbons (Fsp3) is 0.200. The highest BCUT2D eigenvalue weighted by molar-refractivity contribution is 5.96. The topological polar surface area (TPSA) is 55.8 Å². The molecule has 0 spiro atoms. The number of esters is 1. The van der Waals surface area contributed by atoms with Gasteiger partial charge in [-0.05, 0) is 47.9 Å². The molecule has 0 bridgehead atoms. The van der Waals surface area contributed by atoms with E-state index in [1.54, 1.807) is 17.0 Å². The van der Waals surface area contributed by atoms with Gasteiger partial charge in [0.05, 0.1) is 25.8 Å². The van der Waals surface area contributed by atoms with Crippen LogP contribution in [0, 0.1) is 6.92 Å². The van der Waals surface area contributed by atoms with Crippen molar-refractivity contribution in [3.63, 3.8) is 0 Å². The minimum absolute atomic E-state index is 0.0514. The smallest absolute Gasteiger partial charge is 0.337 e. The monoisotopic (exact) mass is 401 g/mol. The van der Waals surface area contributed by atoms with Crippen LogP contribution in [0.15, 0.2) is 66.7 Å². The van der Waals surface area contributed by atoms with Crippen LogP contribution in [-0.4, -0.2) is 25.6 Å². The molecule has 0 radical (unpaired) electrons. The van der Waals surface area contributed by atoms with Crippen LogP contribution in [-0.2, 0) is 27.4 Å². The van der Waals surface area contributed by atoms with E-state index in [4.69, 9.17) is 9.47 Å². The largest absolute Gasteiger partial charge is 0.465 e. The van der Waals surface area contributed by atoms with Gasteiger partial charge in [0.25, 0.3) is 5.91 Å². The van der Waals surface area contributed by atoms with Crippen LogP contribution in [0.25, 0.3) is 11.1 Å². The standard InChI is InChI=1S/C25H23NO4/c1-17-3-5-18(6-4-17)14-26-23-12-11-21(13-22(23)15-30-16-24(26)27)19-7-9-20(10-8-19)25(28)29-2/h3-13H,14-16H2,1-2H3. The maximum absolute atomic E-state index is 12.7. The first-order valence-corrected chi connectivity index (χ1v) is 9.80. The van der Waals surface area contributed by atoms with Crippen molar-refractivity contribution in [2.24, 2.45) is 0 Å². The highest BCUT2D eigenvalue weighted by Crippen LogP contribution is 2.31. The van der Waals surface area contributed by atoms with Crippen LogP contribution in [0.3, 0.4) is 0 Å². The lowest BCUT2D eigenvalue weighted by atomic mass is 10.00. The summed E-state index contributed by atoms with van der Waals surface area (Å²) in [5.41, 5.74) is 6.58. The predicted octanol–water partition coefficient (Wildman–Crippen LogP) is 4.51. The number of carbonyl (C=O) groups excluding carboxylic acids is 2. The van der Waals surface area contributed by atoms with E-state index in [0.29, 0.717) is 18.7 Å². The molecule has 3 aromatic rings. The van der Waals surface area contributed by atoms with Crippen LogP contribution >= 0.6 is 0 Å². The zero-order valence-electron chi connectivity index (χ0n) is 17.1. The first kappa shape index (κ1) is 19.9. The molecule has 0 aromatic heterocycles. The Morgan fingerprint density at radius 1 is 0.967 bits per heavy atom. The maximum atomic E-state index is 12.7. The summed E-state index contributed by atoms with van der Waals surface area (Å²) in [6, 6.07) is 21.5. The van der Waals surface area contributed by atoms with Crippen molar-refractivity contribution in [2.45, 2.75) is 20.1 Å². The Morgan fingerprint density at radius 3 is 2.37 bits per heavy atom. The summed E-state index contributed by atoms with van der Waals surface area (Å²) >= 11 is 0. The molecule has 0 N–H and O–H groups in total. The quantitative estimate of drug-likeness (QED) is 0.604. The third-order valence-corrected chi connectivity index (χ3v) is 5.26. The van der Waals surface area contributed by atoms with Crippen molar-refractivity contribution in [3.05, 3.63) is 89.0 Å². The number of carbonyl (C=O) groups is 2. The molecule has 4 rings (SSSR count). The normalized spacial score (nSPS) is 13.5. The number of anilines is 1. The molecule has 0 aliphatic carbocycles. The summed E-state index contributed by atoms with van der Waals surface area (Å²) in [5.74, 6) is -0.411. The average molecular weight is 401 g/mol. The molecule has 5 heteroatoms. The van der Waals surface area contributed by atoms with Crippen LogP contribution in [0.2, 0.25) is 0 Å². The Hall–Kier alpha value is -3.44. The van der Waals surface area contributed by atoms with Crippen molar-refractivity contribution in [3.8, 4) is 11.1 Å². The summed E-state index contributed by atoms with van der Waals surface area (Å²) in [7, 11) is 1.37. The molecule has 0 fully saturated rings. The Morgan fingerprint density at radius 2 is 1.67 bits per heavy atom. The third-order valence-electron chi connectivity index (χ3n) is 5.26. The highest BCUT2D eigenvalue weighted by Gasteiger charge is 2.23. The number of amides is 1. The molecule has 1 amide bonds. The molecule has 0 unspecified atom stereocenters. The van der Waals surface area contributed by atoms with Crippen LogP contribution < -0.4 is 4.90 Å². The number of benzene rings is 3. The van der Waals surface area contributed by atoms with E-state index in [1.807, 2.05) is 49.4 Å². The number of hydrogen-bond acceptors (Lipinski definition) is 4. The van der Waals surface area contributed by atoms with Gasteiger partial charge in [-0.25, -0.2) is 4.79 Å². The lowest BCUT2D eigenvalue weighted by molar-refractivity contribution is -0.123. The van der Waals surface area contributed by atoms with Crippen molar-refractivity contribution in [1.82, 2.24) is 0 Å². The lowest BCUT2D eigenvalue weighted by Crippen LogP contribution is -2.32. The number of fused-ring (bicyclic) bond motifs is 1. The molecule has 30 heavy (non-hydrogen) atoms. The molecule has 0 saturated carbocycles. The molecule has 0 saturated heterocycles. The molecule has 1 heterocycles. The number of methoxy groups -OCH3 is 1. The van der Waals surface area contributed by atoms with E-state index in [9.17, 15) is 9.59 Å². The van der Waals surface area contributed by atoms with E-state index in [1.165, 1.54) is 12.7 Å². The van der Waals surface area contributed by atoms with Gasteiger partial charge in [0, 0.05) is 11.3 Å². The van der Waals surface area contributed by atoms with Crippen molar-refractivity contribution < 1.29 is 19.1 Å². The molecule has 5 nitrogen and oxygen atoms in total. The second kappa shape index (κ2) is 8.51. The van der Waals surface area contributed by atoms with Gasteiger partial charge in [-0.1, -0.05) is 48.0 Å².